The Hall–Kier alpha value is -0.580. The van der Waals surface area contributed by atoms with E-state index in [1.165, 1.54) is 38.5 Å². The van der Waals surface area contributed by atoms with Crippen LogP contribution in [0.5, 0.6) is 0 Å². The van der Waals surface area contributed by atoms with E-state index in [2.05, 4.69) is 15.5 Å². The van der Waals surface area contributed by atoms with Crippen LogP contribution in [0.25, 0.3) is 0 Å². The molecule has 4 fully saturated rings. The highest BCUT2D eigenvalue weighted by Crippen LogP contribution is 2.60. The van der Waals surface area contributed by atoms with E-state index in [1.54, 1.807) is 6.33 Å². The van der Waals surface area contributed by atoms with Crippen LogP contribution in [0.1, 0.15) is 38.5 Å². The molecule has 0 atom stereocenters. The lowest BCUT2D eigenvalue weighted by molar-refractivity contribution is 0.0380. The average molecular weight is 236 g/mol. The van der Waals surface area contributed by atoms with Gasteiger partial charge in [0.25, 0.3) is 0 Å². The van der Waals surface area contributed by atoms with Gasteiger partial charge in [-0.2, -0.15) is 4.09 Å². The van der Waals surface area contributed by atoms with Gasteiger partial charge in [0.2, 0.25) is 0 Å². The maximum absolute atomic E-state index is 4.01. The fourth-order valence-corrected chi connectivity index (χ4v) is 6.02. The highest BCUT2D eigenvalue weighted by molar-refractivity contribution is 7.99. The van der Waals surface area contributed by atoms with Gasteiger partial charge in [-0.15, -0.1) is 5.10 Å². The standard InChI is InChI=1S/C11H16N4S/c1-8-2-10-3-9(1)5-11(4-8,6-10)16-15-7-12-13-14-15/h7-10H,1-6H2. The van der Waals surface area contributed by atoms with Gasteiger partial charge in [0.1, 0.15) is 0 Å². The monoisotopic (exact) mass is 236 g/mol. The quantitative estimate of drug-likeness (QED) is 0.789. The molecule has 4 aliphatic rings. The van der Waals surface area contributed by atoms with E-state index in [4.69, 9.17) is 0 Å². The van der Waals surface area contributed by atoms with Gasteiger partial charge < -0.3 is 0 Å². The molecule has 16 heavy (non-hydrogen) atoms. The molecule has 5 rings (SSSR count). The van der Waals surface area contributed by atoms with Crippen molar-refractivity contribution in [3.63, 3.8) is 0 Å². The van der Waals surface area contributed by atoms with Crippen molar-refractivity contribution in [2.45, 2.75) is 43.3 Å². The first-order chi connectivity index (χ1) is 7.81. The summed E-state index contributed by atoms with van der Waals surface area (Å²) in [6, 6.07) is 0. The fourth-order valence-electron chi connectivity index (χ4n) is 4.54. The van der Waals surface area contributed by atoms with Crippen molar-refractivity contribution in [1.29, 1.82) is 0 Å². The zero-order valence-electron chi connectivity index (χ0n) is 9.25. The second-order valence-corrected chi connectivity index (χ2v) is 7.33. The topological polar surface area (TPSA) is 43.6 Å². The maximum Gasteiger partial charge on any atom is 0.150 e. The normalized spacial score (nSPS) is 45.1. The summed E-state index contributed by atoms with van der Waals surface area (Å²) in [6.45, 7) is 0. The summed E-state index contributed by atoms with van der Waals surface area (Å²) in [5.74, 6) is 2.99. The van der Waals surface area contributed by atoms with Gasteiger partial charge in [0.05, 0.1) is 0 Å². The van der Waals surface area contributed by atoms with Crippen LogP contribution in [-0.4, -0.2) is 24.4 Å². The number of nitrogens with zero attached hydrogens (tertiary/aromatic N) is 4. The Morgan fingerprint density at radius 1 is 1.06 bits per heavy atom. The van der Waals surface area contributed by atoms with E-state index in [0.717, 1.165) is 17.8 Å². The third-order valence-corrected chi connectivity index (χ3v) is 5.84. The van der Waals surface area contributed by atoms with Crippen LogP contribution in [-0.2, 0) is 0 Å². The number of aromatic nitrogens is 4. The molecule has 0 spiro atoms. The highest BCUT2D eigenvalue weighted by atomic mass is 32.2. The fraction of sp³-hybridized carbons (Fsp3) is 0.909. The van der Waals surface area contributed by atoms with Crippen LogP contribution in [0.4, 0.5) is 0 Å². The smallest absolute Gasteiger partial charge is 0.150 e. The largest absolute Gasteiger partial charge is 0.173 e. The summed E-state index contributed by atoms with van der Waals surface area (Å²) in [4.78, 5) is 0. The lowest BCUT2D eigenvalue weighted by atomic mass is 9.56. The summed E-state index contributed by atoms with van der Waals surface area (Å²) < 4.78 is 2.33. The Bertz CT molecular complexity index is 353. The Morgan fingerprint density at radius 3 is 2.19 bits per heavy atom. The molecule has 4 nitrogen and oxygen atoms in total. The molecule has 4 bridgehead atoms. The SMILES string of the molecule is c1nnnn1SC12CC3CC(CC(C3)C1)C2. The molecule has 1 aromatic heterocycles. The van der Waals surface area contributed by atoms with Gasteiger partial charge in [0, 0.05) is 4.75 Å². The Morgan fingerprint density at radius 2 is 1.69 bits per heavy atom. The molecule has 0 aromatic carbocycles. The molecule has 1 heterocycles. The van der Waals surface area contributed by atoms with Crippen molar-refractivity contribution in [3.05, 3.63) is 6.33 Å². The average Bonchev–Trinajstić information content (AvgIpc) is 2.66. The zero-order valence-corrected chi connectivity index (χ0v) is 10.1. The first kappa shape index (κ1) is 9.45. The van der Waals surface area contributed by atoms with Crippen molar-refractivity contribution in [1.82, 2.24) is 19.6 Å². The second kappa shape index (κ2) is 3.22. The molecule has 1 aromatic rings. The molecule has 86 valence electrons. The molecule has 0 aliphatic heterocycles. The molecule has 0 unspecified atom stereocenters. The van der Waals surface area contributed by atoms with Crippen LogP contribution in [0, 0.1) is 17.8 Å². The summed E-state index contributed by atoms with van der Waals surface area (Å²) in [5.41, 5.74) is 0. The van der Waals surface area contributed by atoms with Crippen molar-refractivity contribution in [2.75, 3.05) is 0 Å². The van der Waals surface area contributed by atoms with E-state index in [-0.39, 0.29) is 0 Å². The minimum absolute atomic E-state index is 0.462. The minimum atomic E-state index is 0.462. The van der Waals surface area contributed by atoms with Gasteiger partial charge in [-0.25, -0.2) is 0 Å². The first-order valence-corrected chi connectivity index (χ1v) is 7.01. The van der Waals surface area contributed by atoms with Crippen LogP contribution in [0.2, 0.25) is 0 Å². The summed E-state index contributed by atoms with van der Waals surface area (Å²) in [5, 5.41) is 11.5. The number of tetrazole rings is 1. The van der Waals surface area contributed by atoms with Crippen molar-refractivity contribution in [2.24, 2.45) is 17.8 Å². The van der Waals surface area contributed by atoms with Gasteiger partial charge >= 0.3 is 0 Å². The minimum Gasteiger partial charge on any atom is -0.173 e. The number of hydrogen-bond acceptors (Lipinski definition) is 4. The molecular formula is C11H16N4S. The van der Waals surface area contributed by atoms with Crippen LogP contribution < -0.4 is 0 Å². The van der Waals surface area contributed by atoms with E-state index in [0.29, 0.717) is 4.75 Å². The van der Waals surface area contributed by atoms with E-state index in [1.807, 2.05) is 16.0 Å². The Labute approximate surface area is 99.3 Å². The summed E-state index contributed by atoms with van der Waals surface area (Å²) >= 11 is 1.89. The van der Waals surface area contributed by atoms with Gasteiger partial charge in [-0.1, -0.05) is 0 Å². The zero-order chi connectivity index (χ0) is 10.6. The van der Waals surface area contributed by atoms with Gasteiger partial charge in [-0.3, -0.25) is 0 Å². The molecule has 0 amide bonds. The summed E-state index contributed by atoms with van der Waals surface area (Å²) in [7, 11) is 0. The number of hydrogen-bond donors (Lipinski definition) is 0. The predicted octanol–water partition coefficient (Wildman–Crippen LogP) is 2.14. The van der Waals surface area contributed by atoms with Crippen LogP contribution >= 0.6 is 11.9 Å². The Kier molecular flexibility index (Phi) is 1.90. The lowest BCUT2D eigenvalue weighted by Crippen LogP contribution is -2.49. The predicted molar refractivity (Wildman–Crippen MR) is 61.7 cm³/mol. The summed E-state index contributed by atoms with van der Waals surface area (Å²) in [6.07, 6.45) is 10.4. The van der Waals surface area contributed by atoms with Gasteiger partial charge in [-0.05, 0) is 78.7 Å². The molecular weight excluding hydrogens is 220 g/mol. The molecule has 5 heteroatoms. The molecule has 0 saturated heterocycles. The van der Waals surface area contributed by atoms with Crippen molar-refractivity contribution >= 4 is 11.9 Å². The molecule has 0 radical (unpaired) electrons. The molecule has 4 saturated carbocycles. The second-order valence-electron chi connectivity index (χ2n) is 5.90. The molecule has 4 aliphatic carbocycles. The van der Waals surface area contributed by atoms with Crippen LogP contribution in [0.15, 0.2) is 6.33 Å². The van der Waals surface area contributed by atoms with E-state index < -0.39 is 0 Å². The third-order valence-electron chi connectivity index (χ3n) is 4.60. The van der Waals surface area contributed by atoms with Crippen molar-refractivity contribution < 1.29 is 0 Å². The first-order valence-electron chi connectivity index (χ1n) is 6.24. The third kappa shape index (κ3) is 1.40. The maximum atomic E-state index is 4.01. The number of rotatable bonds is 2. The molecule has 0 N–H and O–H groups in total. The Balaban J connectivity index is 1.62. The van der Waals surface area contributed by atoms with E-state index in [9.17, 15) is 0 Å². The highest BCUT2D eigenvalue weighted by Gasteiger charge is 2.51. The van der Waals surface area contributed by atoms with E-state index >= 15 is 0 Å². The van der Waals surface area contributed by atoms with Gasteiger partial charge in [0.15, 0.2) is 6.33 Å². The van der Waals surface area contributed by atoms with Crippen LogP contribution in [0.3, 0.4) is 0 Å². The van der Waals surface area contributed by atoms with Crippen molar-refractivity contribution in [3.8, 4) is 0 Å². The lowest BCUT2D eigenvalue weighted by Gasteiger charge is -2.55.